The number of carbonyl (C=O) groups excluding carboxylic acids is 2. The van der Waals surface area contributed by atoms with Crippen molar-refractivity contribution >= 4 is 17.7 Å². The Morgan fingerprint density at radius 1 is 1.35 bits per heavy atom. The SMILES string of the molecule is CCOC(=O)c1ncn(C2CCN(C(=O)C3OC(C)CC3C)CC2)c1N. The van der Waals surface area contributed by atoms with Gasteiger partial charge < -0.3 is 24.7 Å². The molecule has 144 valence electrons. The molecule has 8 heteroatoms. The summed E-state index contributed by atoms with van der Waals surface area (Å²) in [6, 6.07) is 0.121. The maximum atomic E-state index is 12.7. The van der Waals surface area contributed by atoms with Gasteiger partial charge in [0.05, 0.1) is 19.0 Å². The van der Waals surface area contributed by atoms with E-state index in [0.29, 0.717) is 18.9 Å². The average Bonchev–Trinajstić information content (AvgIpc) is 3.16. The molecule has 2 saturated heterocycles. The molecule has 1 amide bonds. The van der Waals surface area contributed by atoms with E-state index in [4.69, 9.17) is 15.2 Å². The number of rotatable bonds is 4. The fourth-order valence-electron chi connectivity index (χ4n) is 3.95. The Labute approximate surface area is 153 Å². The highest BCUT2D eigenvalue weighted by Crippen LogP contribution is 2.31. The van der Waals surface area contributed by atoms with Gasteiger partial charge in [0.25, 0.3) is 5.91 Å². The van der Waals surface area contributed by atoms with Crippen LogP contribution in [0, 0.1) is 5.92 Å². The molecule has 3 heterocycles. The molecule has 0 saturated carbocycles. The van der Waals surface area contributed by atoms with Gasteiger partial charge in [0.1, 0.15) is 11.9 Å². The number of nitrogens with two attached hydrogens (primary N) is 1. The van der Waals surface area contributed by atoms with Gasteiger partial charge in [0.15, 0.2) is 5.69 Å². The molecular formula is C18H28N4O4. The highest BCUT2D eigenvalue weighted by molar-refractivity contribution is 5.92. The molecule has 0 spiro atoms. The van der Waals surface area contributed by atoms with Crippen LogP contribution in [0.5, 0.6) is 0 Å². The highest BCUT2D eigenvalue weighted by Gasteiger charge is 2.38. The van der Waals surface area contributed by atoms with E-state index in [1.54, 1.807) is 13.3 Å². The van der Waals surface area contributed by atoms with E-state index < -0.39 is 5.97 Å². The van der Waals surface area contributed by atoms with E-state index in [2.05, 4.69) is 11.9 Å². The van der Waals surface area contributed by atoms with E-state index in [-0.39, 0.29) is 42.4 Å². The molecule has 3 atom stereocenters. The molecular weight excluding hydrogens is 336 g/mol. The summed E-state index contributed by atoms with van der Waals surface area (Å²) in [5, 5.41) is 0. The Kier molecular flexibility index (Phi) is 5.50. The number of esters is 1. The lowest BCUT2D eigenvalue weighted by Crippen LogP contribution is -2.45. The topological polar surface area (TPSA) is 99.7 Å². The second-order valence-corrected chi connectivity index (χ2v) is 7.24. The quantitative estimate of drug-likeness (QED) is 0.815. The van der Waals surface area contributed by atoms with Gasteiger partial charge in [-0.15, -0.1) is 0 Å². The lowest BCUT2D eigenvalue weighted by molar-refractivity contribution is -0.145. The Hall–Kier alpha value is -2.09. The summed E-state index contributed by atoms with van der Waals surface area (Å²) >= 11 is 0. The Morgan fingerprint density at radius 2 is 2.04 bits per heavy atom. The Balaban J connectivity index is 1.60. The van der Waals surface area contributed by atoms with Crippen molar-refractivity contribution in [3.05, 3.63) is 12.0 Å². The van der Waals surface area contributed by atoms with Crippen LogP contribution in [0.3, 0.4) is 0 Å². The van der Waals surface area contributed by atoms with Gasteiger partial charge in [-0.25, -0.2) is 9.78 Å². The fraction of sp³-hybridized carbons (Fsp3) is 0.722. The van der Waals surface area contributed by atoms with Gasteiger partial charge in [-0.1, -0.05) is 6.92 Å². The number of piperidine rings is 1. The standard InChI is InChI=1S/C18H28N4O4/c1-4-25-18(24)14-16(19)22(10-20-14)13-5-7-21(8-6-13)17(23)15-11(2)9-12(3)26-15/h10-13,15H,4-9,19H2,1-3H3. The number of aromatic nitrogens is 2. The summed E-state index contributed by atoms with van der Waals surface area (Å²) in [5.41, 5.74) is 6.25. The molecule has 2 aliphatic rings. The van der Waals surface area contributed by atoms with Crippen LogP contribution in [0.2, 0.25) is 0 Å². The molecule has 26 heavy (non-hydrogen) atoms. The van der Waals surface area contributed by atoms with Crippen molar-refractivity contribution in [2.75, 3.05) is 25.4 Å². The van der Waals surface area contributed by atoms with Crippen LogP contribution in [0.25, 0.3) is 0 Å². The van der Waals surface area contributed by atoms with E-state index in [1.165, 1.54) is 0 Å². The molecule has 0 bridgehead atoms. The van der Waals surface area contributed by atoms with Crippen LogP contribution in [0.15, 0.2) is 6.33 Å². The number of likely N-dealkylation sites (tertiary alicyclic amines) is 1. The van der Waals surface area contributed by atoms with E-state index in [9.17, 15) is 9.59 Å². The largest absolute Gasteiger partial charge is 0.461 e. The highest BCUT2D eigenvalue weighted by atomic mass is 16.5. The van der Waals surface area contributed by atoms with E-state index in [0.717, 1.165) is 19.3 Å². The Morgan fingerprint density at radius 3 is 2.62 bits per heavy atom. The number of carbonyl (C=O) groups is 2. The van der Waals surface area contributed by atoms with Crippen LogP contribution in [-0.4, -0.2) is 58.2 Å². The van der Waals surface area contributed by atoms with Crippen LogP contribution in [0.1, 0.15) is 56.6 Å². The van der Waals surface area contributed by atoms with Crippen molar-refractivity contribution in [3.8, 4) is 0 Å². The third-order valence-electron chi connectivity index (χ3n) is 5.31. The van der Waals surface area contributed by atoms with Crippen molar-refractivity contribution in [1.29, 1.82) is 0 Å². The molecule has 0 aliphatic carbocycles. The number of ether oxygens (including phenoxy) is 2. The Bertz CT molecular complexity index is 666. The van der Waals surface area contributed by atoms with Crippen molar-refractivity contribution in [3.63, 3.8) is 0 Å². The van der Waals surface area contributed by atoms with Crippen molar-refractivity contribution in [1.82, 2.24) is 14.5 Å². The first kappa shape index (κ1) is 18.7. The summed E-state index contributed by atoms with van der Waals surface area (Å²) in [6.07, 6.45) is 3.87. The molecule has 1 aromatic heterocycles. The average molecular weight is 364 g/mol. The zero-order chi connectivity index (χ0) is 18.8. The van der Waals surface area contributed by atoms with Gasteiger partial charge in [0.2, 0.25) is 0 Å². The predicted molar refractivity (Wildman–Crippen MR) is 95.6 cm³/mol. The predicted octanol–water partition coefficient (Wildman–Crippen LogP) is 1.62. The first-order valence-corrected chi connectivity index (χ1v) is 9.36. The molecule has 3 rings (SSSR count). The molecule has 0 radical (unpaired) electrons. The van der Waals surface area contributed by atoms with Gasteiger partial charge in [-0.2, -0.15) is 0 Å². The normalized spacial score (nSPS) is 26.9. The van der Waals surface area contributed by atoms with Crippen LogP contribution in [-0.2, 0) is 14.3 Å². The second-order valence-electron chi connectivity index (χ2n) is 7.24. The van der Waals surface area contributed by atoms with Crippen molar-refractivity contribution in [2.24, 2.45) is 5.92 Å². The minimum atomic E-state index is -0.502. The maximum Gasteiger partial charge on any atom is 0.360 e. The van der Waals surface area contributed by atoms with Crippen LogP contribution < -0.4 is 5.73 Å². The number of anilines is 1. The maximum absolute atomic E-state index is 12.7. The first-order chi connectivity index (χ1) is 12.4. The molecule has 0 aromatic carbocycles. The van der Waals surface area contributed by atoms with Gasteiger partial charge >= 0.3 is 5.97 Å². The summed E-state index contributed by atoms with van der Waals surface area (Å²) in [4.78, 5) is 30.6. The lowest BCUT2D eigenvalue weighted by atomic mass is 9.99. The summed E-state index contributed by atoms with van der Waals surface area (Å²) in [6.45, 7) is 7.41. The molecule has 8 nitrogen and oxygen atoms in total. The minimum Gasteiger partial charge on any atom is -0.461 e. The van der Waals surface area contributed by atoms with Crippen LogP contribution >= 0.6 is 0 Å². The number of amides is 1. The summed E-state index contributed by atoms with van der Waals surface area (Å²) in [7, 11) is 0. The zero-order valence-electron chi connectivity index (χ0n) is 15.7. The first-order valence-electron chi connectivity index (χ1n) is 9.36. The van der Waals surface area contributed by atoms with Crippen LogP contribution in [0.4, 0.5) is 5.82 Å². The third-order valence-corrected chi connectivity index (χ3v) is 5.31. The fourth-order valence-corrected chi connectivity index (χ4v) is 3.95. The smallest absolute Gasteiger partial charge is 0.360 e. The zero-order valence-corrected chi connectivity index (χ0v) is 15.7. The van der Waals surface area contributed by atoms with Gasteiger partial charge in [-0.05, 0) is 39.0 Å². The lowest BCUT2D eigenvalue weighted by Gasteiger charge is -2.34. The number of hydrogen-bond acceptors (Lipinski definition) is 6. The van der Waals surface area contributed by atoms with E-state index in [1.807, 2.05) is 16.4 Å². The third kappa shape index (κ3) is 3.56. The minimum absolute atomic E-state index is 0.0890. The van der Waals surface area contributed by atoms with Crippen molar-refractivity contribution in [2.45, 2.75) is 58.3 Å². The molecule has 1 aromatic rings. The number of imidazole rings is 1. The summed E-state index contributed by atoms with van der Waals surface area (Å²) in [5.74, 6) is 0.172. The molecule has 2 fully saturated rings. The van der Waals surface area contributed by atoms with Gasteiger partial charge in [-0.3, -0.25) is 4.79 Å². The number of nitrogens with zero attached hydrogens (tertiary/aromatic N) is 3. The second kappa shape index (κ2) is 7.65. The van der Waals surface area contributed by atoms with Gasteiger partial charge in [0, 0.05) is 19.1 Å². The molecule has 2 N–H and O–H groups in total. The summed E-state index contributed by atoms with van der Waals surface area (Å²) < 4.78 is 12.6. The monoisotopic (exact) mass is 364 g/mol. The number of nitrogen functional groups attached to an aromatic ring is 1. The molecule has 3 unspecified atom stereocenters. The van der Waals surface area contributed by atoms with Crippen molar-refractivity contribution < 1.29 is 19.1 Å². The van der Waals surface area contributed by atoms with E-state index >= 15 is 0 Å². The number of hydrogen-bond donors (Lipinski definition) is 1. The molecule has 2 aliphatic heterocycles.